The minimum Gasteiger partial charge on any atom is -0.383 e. The minimum absolute atomic E-state index is 0.0754. The molecule has 130 valence electrons. The van der Waals surface area contributed by atoms with Crippen LogP contribution < -0.4 is 21.1 Å². The second-order valence-corrected chi connectivity index (χ2v) is 6.66. The number of amides is 1. The van der Waals surface area contributed by atoms with Crippen molar-refractivity contribution in [2.75, 3.05) is 44.5 Å². The van der Waals surface area contributed by atoms with Crippen LogP contribution in [0.3, 0.4) is 0 Å². The SMILES string of the molecule is CNS(=O)(=O)c1ccc(NCCOC)c(NC(=O)CCCN)c1. The Labute approximate surface area is 136 Å². The molecular formula is C14H24N4O4S. The Balaban J connectivity index is 3.03. The zero-order valence-electron chi connectivity index (χ0n) is 13.4. The zero-order valence-corrected chi connectivity index (χ0v) is 14.2. The Morgan fingerprint density at radius 3 is 2.65 bits per heavy atom. The number of benzene rings is 1. The largest absolute Gasteiger partial charge is 0.383 e. The lowest BCUT2D eigenvalue weighted by Crippen LogP contribution is -2.20. The van der Waals surface area contributed by atoms with Crippen LogP contribution in [0.15, 0.2) is 23.1 Å². The molecule has 23 heavy (non-hydrogen) atoms. The number of methoxy groups -OCH3 is 1. The molecule has 8 nitrogen and oxygen atoms in total. The highest BCUT2D eigenvalue weighted by Crippen LogP contribution is 2.25. The Morgan fingerprint density at radius 2 is 2.04 bits per heavy atom. The van der Waals surface area contributed by atoms with Gasteiger partial charge in [-0.05, 0) is 38.2 Å². The van der Waals surface area contributed by atoms with Gasteiger partial charge in [0.05, 0.1) is 22.9 Å². The van der Waals surface area contributed by atoms with Gasteiger partial charge in [-0.1, -0.05) is 0 Å². The first kappa shape index (κ1) is 19.4. The number of nitrogens with one attached hydrogen (secondary N) is 3. The van der Waals surface area contributed by atoms with Crippen molar-refractivity contribution in [1.29, 1.82) is 0 Å². The maximum Gasteiger partial charge on any atom is 0.240 e. The maximum absolute atomic E-state index is 11.9. The lowest BCUT2D eigenvalue weighted by atomic mass is 10.2. The second-order valence-electron chi connectivity index (χ2n) is 4.77. The van der Waals surface area contributed by atoms with Gasteiger partial charge in [0.1, 0.15) is 0 Å². The van der Waals surface area contributed by atoms with Crippen LogP contribution in [0.2, 0.25) is 0 Å². The van der Waals surface area contributed by atoms with Crippen molar-refractivity contribution in [3.05, 3.63) is 18.2 Å². The van der Waals surface area contributed by atoms with Crippen molar-refractivity contribution >= 4 is 27.3 Å². The molecule has 1 aromatic carbocycles. The van der Waals surface area contributed by atoms with Gasteiger partial charge in [-0.15, -0.1) is 0 Å². The maximum atomic E-state index is 11.9. The highest BCUT2D eigenvalue weighted by atomic mass is 32.2. The quantitative estimate of drug-likeness (QED) is 0.454. The summed E-state index contributed by atoms with van der Waals surface area (Å²) in [5.74, 6) is -0.218. The van der Waals surface area contributed by atoms with Crippen LogP contribution in [0.5, 0.6) is 0 Å². The van der Waals surface area contributed by atoms with E-state index in [1.165, 1.54) is 19.2 Å². The van der Waals surface area contributed by atoms with E-state index in [2.05, 4.69) is 15.4 Å². The van der Waals surface area contributed by atoms with E-state index < -0.39 is 10.0 Å². The molecule has 0 unspecified atom stereocenters. The van der Waals surface area contributed by atoms with Crippen LogP contribution in [0.4, 0.5) is 11.4 Å². The van der Waals surface area contributed by atoms with E-state index in [1.807, 2.05) is 0 Å². The summed E-state index contributed by atoms with van der Waals surface area (Å²) >= 11 is 0. The smallest absolute Gasteiger partial charge is 0.240 e. The summed E-state index contributed by atoms with van der Waals surface area (Å²) in [4.78, 5) is 12.0. The third-order valence-electron chi connectivity index (χ3n) is 3.07. The molecule has 1 rings (SSSR count). The molecule has 9 heteroatoms. The van der Waals surface area contributed by atoms with E-state index in [-0.39, 0.29) is 17.2 Å². The number of rotatable bonds is 10. The zero-order chi connectivity index (χ0) is 17.3. The van der Waals surface area contributed by atoms with Crippen molar-refractivity contribution in [2.24, 2.45) is 5.73 Å². The molecule has 1 amide bonds. The molecule has 0 aliphatic carbocycles. The molecule has 0 heterocycles. The summed E-state index contributed by atoms with van der Waals surface area (Å²) in [6, 6.07) is 4.50. The third kappa shape index (κ3) is 6.14. The fourth-order valence-corrected chi connectivity index (χ4v) is 2.58. The van der Waals surface area contributed by atoms with Crippen LogP contribution in [0, 0.1) is 0 Å². The van der Waals surface area contributed by atoms with Gasteiger partial charge < -0.3 is 21.1 Å². The van der Waals surface area contributed by atoms with Crippen molar-refractivity contribution in [2.45, 2.75) is 17.7 Å². The van der Waals surface area contributed by atoms with Gasteiger partial charge in [-0.3, -0.25) is 4.79 Å². The number of nitrogens with two attached hydrogens (primary N) is 1. The third-order valence-corrected chi connectivity index (χ3v) is 4.49. The summed E-state index contributed by atoms with van der Waals surface area (Å²) in [5.41, 5.74) is 6.41. The van der Waals surface area contributed by atoms with E-state index >= 15 is 0 Å². The number of hydrogen-bond donors (Lipinski definition) is 4. The summed E-state index contributed by atoms with van der Waals surface area (Å²) in [5, 5.41) is 5.81. The molecule has 1 aromatic rings. The molecule has 0 aliphatic rings. The van der Waals surface area contributed by atoms with Crippen LogP contribution in [0.25, 0.3) is 0 Å². The summed E-state index contributed by atoms with van der Waals surface area (Å²) in [6.07, 6.45) is 0.837. The predicted molar refractivity (Wildman–Crippen MR) is 90.0 cm³/mol. The van der Waals surface area contributed by atoms with Gasteiger partial charge in [0.15, 0.2) is 0 Å². The molecule has 0 atom stereocenters. The van der Waals surface area contributed by atoms with Gasteiger partial charge in [-0.25, -0.2) is 13.1 Å². The first-order chi connectivity index (χ1) is 10.9. The Hall–Kier alpha value is -1.68. The molecule has 5 N–H and O–H groups in total. The van der Waals surface area contributed by atoms with Gasteiger partial charge in [-0.2, -0.15) is 0 Å². The van der Waals surface area contributed by atoms with Crippen LogP contribution >= 0.6 is 0 Å². The molecule has 0 aliphatic heterocycles. The van der Waals surface area contributed by atoms with Gasteiger partial charge >= 0.3 is 0 Å². The molecule has 0 fully saturated rings. The average molecular weight is 344 g/mol. The highest BCUT2D eigenvalue weighted by Gasteiger charge is 2.15. The Bertz CT molecular complexity index is 619. The van der Waals surface area contributed by atoms with E-state index in [0.717, 1.165) is 0 Å². The van der Waals surface area contributed by atoms with Crippen molar-refractivity contribution < 1.29 is 17.9 Å². The van der Waals surface area contributed by atoms with Gasteiger partial charge in [0, 0.05) is 20.1 Å². The van der Waals surface area contributed by atoms with Crippen LogP contribution in [-0.2, 0) is 19.6 Å². The van der Waals surface area contributed by atoms with E-state index in [9.17, 15) is 13.2 Å². The van der Waals surface area contributed by atoms with Gasteiger partial charge in [0.25, 0.3) is 0 Å². The minimum atomic E-state index is -3.59. The first-order valence-corrected chi connectivity index (χ1v) is 8.73. The van der Waals surface area contributed by atoms with E-state index in [0.29, 0.717) is 37.5 Å². The summed E-state index contributed by atoms with van der Waals surface area (Å²) in [7, 11) is -0.673. The highest BCUT2D eigenvalue weighted by molar-refractivity contribution is 7.89. The van der Waals surface area contributed by atoms with Crippen molar-refractivity contribution in [3.8, 4) is 0 Å². The van der Waals surface area contributed by atoms with Crippen LogP contribution in [0.1, 0.15) is 12.8 Å². The van der Waals surface area contributed by atoms with E-state index in [4.69, 9.17) is 10.5 Å². The number of hydrogen-bond acceptors (Lipinski definition) is 6. The molecule has 0 radical (unpaired) electrons. The monoisotopic (exact) mass is 344 g/mol. The molecule has 0 bridgehead atoms. The average Bonchev–Trinajstić information content (AvgIpc) is 2.54. The fourth-order valence-electron chi connectivity index (χ4n) is 1.83. The summed E-state index contributed by atoms with van der Waals surface area (Å²) < 4.78 is 31.0. The first-order valence-electron chi connectivity index (χ1n) is 7.25. The van der Waals surface area contributed by atoms with Crippen LogP contribution in [-0.4, -0.2) is 48.2 Å². The fraction of sp³-hybridized carbons (Fsp3) is 0.500. The Kier molecular flexibility index (Phi) is 7.96. The number of carbonyl (C=O) groups excluding carboxylic acids is 1. The number of carbonyl (C=O) groups is 1. The lowest BCUT2D eigenvalue weighted by Gasteiger charge is -2.14. The topological polar surface area (TPSA) is 123 Å². The van der Waals surface area contributed by atoms with Crippen molar-refractivity contribution in [1.82, 2.24) is 4.72 Å². The number of anilines is 2. The lowest BCUT2D eigenvalue weighted by molar-refractivity contribution is -0.116. The van der Waals surface area contributed by atoms with E-state index in [1.54, 1.807) is 13.2 Å². The second kappa shape index (κ2) is 9.46. The predicted octanol–water partition coefficient (Wildman–Crippen LogP) is 0.330. The number of ether oxygens (including phenoxy) is 1. The van der Waals surface area contributed by atoms with Crippen molar-refractivity contribution in [3.63, 3.8) is 0 Å². The normalized spacial score (nSPS) is 11.3. The molecule has 0 saturated carbocycles. The van der Waals surface area contributed by atoms with Gasteiger partial charge in [0.2, 0.25) is 15.9 Å². The number of sulfonamides is 1. The molecule has 0 spiro atoms. The molecule has 0 aromatic heterocycles. The molecule has 0 saturated heterocycles. The molecular weight excluding hydrogens is 320 g/mol. The Morgan fingerprint density at radius 1 is 1.30 bits per heavy atom. The standard InChI is InChI=1S/C14H24N4O4S/c1-16-23(20,21)11-5-6-12(17-8-9-22-2)13(10-11)18-14(19)4-3-7-15/h5-6,10,16-17H,3-4,7-9,15H2,1-2H3,(H,18,19). The summed E-state index contributed by atoms with van der Waals surface area (Å²) in [6.45, 7) is 1.43.